The van der Waals surface area contributed by atoms with Crippen LogP contribution in [-0.4, -0.2) is 44.3 Å². The Hall–Kier alpha value is -2.78. The molecule has 2 amide bonds. The Bertz CT molecular complexity index is 1370. The van der Waals surface area contributed by atoms with Gasteiger partial charge >= 0.3 is 0 Å². The van der Waals surface area contributed by atoms with Crippen molar-refractivity contribution < 1.29 is 18.0 Å². The summed E-state index contributed by atoms with van der Waals surface area (Å²) in [7, 11) is -4.21. The highest BCUT2D eigenvalue weighted by Gasteiger charge is 2.32. The highest BCUT2D eigenvalue weighted by molar-refractivity contribution is 7.92. The predicted molar refractivity (Wildman–Crippen MR) is 152 cm³/mol. The number of sulfonamides is 1. The minimum absolute atomic E-state index is 0.0148. The molecule has 38 heavy (non-hydrogen) atoms. The van der Waals surface area contributed by atoms with E-state index in [4.69, 9.17) is 34.8 Å². The lowest BCUT2D eigenvalue weighted by Crippen LogP contribution is -2.51. The number of nitrogens with zero attached hydrogens (tertiary/aromatic N) is 2. The number of benzene rings is 3. The van der Waals surface area contributed by atoms with E-state index in [1.165, 1.54) is 35.2 Å². The number of hydrogen-bond acceptors (Lipinski definition) is 4. The lowest BCUT2D eigenvalue weighted by molar-refractivity contribution is -0.139. The van der Waals surface area contributed by atoms with Crippen LogP contribution in [0.2, 0.25) is 15.1 Å². The largest absolute Gasteiger partial charge is 0.354 e. The van der Waals surface area contributed by atoms with E-state index in [0.29, 0.717) is 17.1 Å². The van der Waals surface area contributed by atoms with Gasteiger partial charge in [-0.2, -0.15) is 0 Å². The summed E-state index contributed by atoms with van der Waals surface area (Å²) in [6, 6.07) is 18.0. The van der Waals surface area contributed by atoms with Crippen molar-refractivity contribution in [2.24, 2.45) is 0 Å². The third kappa shape index (κ3) is 7.63. The number of hydrogen-bond donors (Lipinski definition) is 1. The van der Waals surface area contributed by atoms with E-state index in [0.717, 1.165) is 10.7 Å². The van der Waals surface area contributed by atoms with Crippen LogP contribution in [-0.2, 0) is 26.2 Å². The Morgan fingerprint density at radius 1 is 0.895 bits per heavy atom. The van der Waals surface area contributed by atoms with E-state index >= 15 is 0 Å². The van der Waals surface area contributed by atoms with Gasteiger partial charge in [-0.3, -0.25) is 13.9 Å². The van der Waals surface area contributed by atoms with Crippen LogP contribution in [0.25, 0.3) is 0 Å². The molecule has 0 aliphatic heterocycles. The van der Waals surface area contributed by atoms with Gasteiger partial charge in [-0.15, -0.1) is 0 Å². The number of anilines is 1. The van der Waals surface area contributed by atoms with Crippen LogP contribution in [0.3, 0.4) is 0 Å². The first-order valence-electron chi connectivity index (χ1n) is 11.9. The van der Waals surface area contributed by atoms with Crippen LogP contribution in [0.4, 0.5) is 5.69 Å². The fraction of sp³-hybridized carbons (Fsp3) is 0.259. The van der Waals surface area contributed by atoms with E-state index in [1.807, 2.05) is 6.92 Å². The Kier molecular flexibility index (Phi) is 10.4. The molecule has 1 unspecified atom stereocenters. The van der Waals surface area contributed by atoms with Gasteiger partial charge in [-0.05, 0) is 61.4 Å². The lowest BCUT2D eigenvalue weighted by Gasteiger charge is -2.32. The van der Waals surface area contributed by atoms with E-state index < -0.39 is 28.5 Å². The molecule has 11 heteroatoms. The van der Waals surface area contributed by atoms with Crippen molar-refractivity contribution in [2.45, 2.75) is 37.8 Å². The average molecular weight is 597 g/mol. The zero-order valence-electron chi connectivity index (χ0n) is 20.9. The summed E-state index contributed by atoms with van der Waals surface area (Å²) in [4.78, 5) is 28.0. The molecule has 0 bridgehead atoms. The van der Waals surface area contributed by atoms with Gasteiger partial charge in [-0.25, -0.2) is 8.42 Å². The fourth-order valence-electron chi connectivity index (χ4n) is 3.74. The molecule has 0 aliphatic rings. The molecule has 0 aromatic heterocycles. The van der Waals surface area contributed by atoms with Crippen LogP contribution in [0.5, 0.6) is 0 Å². The molecule has 0 aliphatic carbocycles. The molecule has 0 fully saturated rings. The number of carbonyl (C=O) groups excluding carboxylic acids is 2. The van der Waals surface area contributed by atoms with Gasteiger partial charge in [-0.1, -0.05) is 72.1 Å². The standard InChI is InChI=1S/C27H28Cl3N3O4S/c1-3-12-31-27(35)19(2)32(17-20-8-7-9-21(28)13-20)26(34)18-33(24-15-22(29)14-23(30)16-24)38(36,37)25-10-5-4-6-11-25/h4-11,13-16,19H,3,12,17-18H2,1-2H3,(H,31,35). The maximum Gasteiger partial charge on any atom is 0.264 e. The Morgan fingerprint density at radius 3 is 2.16 bits per heavy atom. The number of halogens is 3. The summed E-state index contributed by atoms with van der Waals surface area (Å²) in [5.41, 5.74) is 0.801. The molecule has 0 saturated carbocycles. The number of amides is 2. The normalized spacial score (nSPS) is 12.0. The molecule has 0 heterocycles. The summed E-state index contributed by atoms with van der Waals surface area (Å²) in [6.45, 7) is 3.40. The molecular formula is C27H28Cl3N3O4S. The predicted octanol–water partition coefficient (Wildman–Crippen LogP) is 5.79. The summed E-state index contributed by atoms with van der Waals surface area (Å²) >= 11 is 18.5. The van der Waals surface area contributed by atoms with Gasteiger partial charge in [0, 0.05) is 28.2 Å². The van der Waals surface area contributed by atoms with Crippen LogP contribution in [0.15, 0.2) is 77.7 Å². The van der Waals surface area contributed by atoms with Gasteiger partial charge in [0.15, 0.2) is 0 Å². The molecule has 7 nitrogen and oxygen atoms in total. The summed E-state index contributed by atoms with van der Waals surface area (Å²) in [5, 5.41) is 3.68. The smallest absolute Gasteiger partial charge is 0.264 e. The molecule has 202 valence electrons. The first-order valence-corrected chi connectivity index (χ1v) is 14.5. The topological polar surface area (TPSA) is 86.8 Å². The Labute approximate surface area is 238 Å². The first-order chi connectivity index (χ1) is 18.0. The Morgan fingerprint density at radius 2 is 1.55 bits per heavy atom. The van der Waals surface area contributed by atoms with E-state index in [9.17, 15) is 18.0 Å². The van der Waals surface area contributed by atoms with Crippen molar-refractivity contribution in [1.29, 1.82) is 0 Å². The molecule has 0 spiro atoms. The minimum Gasteiger partial charge on any atom is -0.354 e. The van der Waals surface area contributed by atoms with Crippen LogP contribution >= 0.6 is 34.8 Å². The van der Waals surface area contributed by atoms with Crippen LogP contribution < -0.4 is 9.62 Å². The monoisotopic (exact) mass is 595 g/mol. The molecule has 3 aromatic rings. The quantitative estimate of drug-likeness (QED) is 0.304. The van der Waals surface area contributed by atoms with Crippen molar-refractivity contribution in [3.8, 4) is 0 Å². The van der Waals surface area contributed by atoms with Crippen molar-refractivity contribution in [1.82, 2.24) is 10.2 Å². The Balaban J connectivity index is 2.04. The second-order valence-electron chi connectivity index (χ2n) is 8.57. The summed E-state index contributed by atoms with van der Waals surface area (Å²) in [5.74, 6) is -0.953. The van der Waals surface area contributed by atoms with Gasteiger partial charge in [0.05, 0.1) is 10.6 Å². The molecule has 3 aromatic carbocycles. The average Bonchev–Trinajstić information content (AvgIpc) is 2.88. The summed E-state index contributed by atoms with van der Waals surface area (Å²) < 4.78 is 28.4. The highest BCUT2D eigenvalue weighted by atomic mass is 35.5. The fourth-order valence-corrected chi connectivity index (χ4v) is 5.89. The zero-order chi connectivity index (χ0) is 27.9. The molecule has 0 saturated heterocycles. The SMILES string of the molecule is CCCNC(=O)C(C)N(Cc1cccc(Cl)c1)C(=O)CN(c1cc(Cl)cc(Cl)c1)S(=O)(=O)c1ccccc1. The number of rotatable bonds is 11. The molecule has 1 atom stereocenters. The number of nitrogens with one attached hydrogen (secondary N) is 1. The summed E-state index contributed by atoms with van der Waals surface area (Å²) in [6.07, 6.45) is 0.722. The van der Waals surface area contributed by atoms with Crippen molar-refractivity contribution in [3.63, 3.8) is 0 Å². The lowest BCUT2D eigenvalue weighted by atomic mass is 10.1. The van der Waals surface area contributed by atoms with E-state index in [2.05, 4.69) is 5.32 Å². The van der Waals surface area contributed by atoms with Crippen molar-refractivity contribution in [2.75, 3.05) is 17.4 Å². The maximum atomic E-state index is 13.8. The maximum absolute atomic E-state index is 13.8. The second-order valence-corrected chi connectivity index (χ2v) is 11.7. The van der Waals surface area contributed by atoms with Crippen molar-refractivity contribution in [3.05, 3.63) is 93.4 Å². The number of carbonyl (C=O) groups is 2. The first kappa shape index (κ1) is 29.8. The molecule has 0 radical (unpaired) electrons. The van der Waals surface area contributed by atoms with Crippen LogP contribution in [0.1, 0.15) is 25.8 Å². The van der Waals surface area contributed by atoms with Gasteiger partial charge in [0.25, 0.3) is 10.0 Å². The molecule has 3 rings (SSSR count). The third-order valence-corrected chi connectivity index (χ3v) is 8.16. The highest BCUT2D eigenvalue weighted by Crippen LogP contribution is 2.30. The van der Waals surface area contributed by atoms with Gasteiger partial charge < -0.3 is 10.2 Å². The zero-order valence-corrected chi connectivity index (χ0v) is 24.0. The van der Waals surface area contributed by atoms with Crippen molar-refractivity contribution >= 4 is 62.3 Å². The minimum atomic E-state index is -4.21. The van der Waals surface area contributed by atoms with Gasteiger partial charge in [0.1, 0.15) is 12.6 Å². The molecule has 1 N–H and O–H groups in total. The van der Waals surface area contributed by atoms with E-state index in [-0.39, 0.29) is 33.1 Å². The van der Waals surface area contributed by atoms with Crippen LogP contribution in [0, 0.1) is 0 Å². The van der Waals surface area contributed by atoms with Gasteiger partial charge in [0.2, 0.25) is 11.8 Å². The second kappa shape index (κ2) is 13.3. The van der Waals surface area contributed by atoms with E-state index in [1.54, 1.807) is 49.4 Å². The molecular weight excluding hydrogens is 569 g/mol. The third-order valence-electron chi connectivity index (χ3n) is 5.70.